The van der Waals surface area contributed by atoms with Gasteiger partial charge in [0.25, 0.3) is 0 Å². The second-order valence-electron chi connectivity index (χ2n) is 15.6. The summed E-state index contributed by atoms with van der Waals surface area (Å²) in [6.45, 7) is 2.14. The Kier molecular flexibility index (Phi) is 9.32. The van der Waals surface area contributed by atoms with Crippen LogP contribution in [0.1, 0.15) is 5.56 Å². The van der Waals surface area contributed by atoms with Crippen LogP contribution in [0, 0.1) is 6.92 Å². The average molecular weight is 794 g/mol. The van der Waals surface area contributed by atoms with E-state index in [0.717, 1.165) is 78.4 Å². The lowest BCUT2D eigenvalue weighted by Gasteiger charge is -2.17. The molecule has 292 valence electrons. The lowest BCUT2D eigenvalue weighted by molar-refractivity contribution is 1.13. The molecule has 0 amide bonds. The number of hydrogen-bond donors (Lipinski definition) is 0. The first kappa shape index (κ1) is 36.8. The topological polar surface area (TPSA) is 56.5 Å². The van der Waals surface area contributed by atoms with Gasteiger partial charge in [0.05, 0.1) is 39.5 Å². The molecule has 0 saturated carbocycles. The lowest BCUT2D eigenvalue weighted by atomic mass is 10.0. The molecule has 11 aromatic rings. The van der Waals surface area contributed by atoms with Crippen molar-refractivity contribution in [1.82, 2.24) is 24.5 Å². The zero-order valence-corrected chi connectivity index (χ0v) is 34.0. The molecule has 0 atom stereocenters. The molecule has 62 heavy (non-hydrogen) atoms. The minimum atomic E-state index is 0.614. The summed E-state index contributed by atoms with van der Waals surface area (Å²) in [5.74, 6) is 1.27. The zero-order valence-electron chi connectivity index (χ0n) is 34.0. The third kappa shape index (κ3) is 6.91. The molecule has 0 aliphatic heterocycles. The molecule has 0 aliphatic carbocycles. The van der Waals surface area contributed by atoms with Crippen LogP contribution < -0.4 is 0 Å². The van der Waals surface area contributed by atoms with Crippen molar-refractivity contribution in [2.24, 2.45) is 0 Å². The van der Waals surface area contributed by atoms with Gasteiger partial charge in [-0.15, -0.1) is 0 Å². The third-order valence-electron chi connectivity index (χ3n) is 11.5. The van der Waals surface area contributed by atoms with Crippen molar-refractivity contribution < 1.29 is 0 Å². The molecule has 0 fully saturated rings. The standard InChI is InChI=1S/C57H39N5/c1-38-17-16-26-43(33-38)44-29-31-47-46-27-14-15-28-53(46)62(55(47)35-44)54-32-30-45(52-37-49(39-18-6-2-7-19-39)58-56(59-52)42-24-12-5-13-25-42)34-48(54)57-60-50(40-20-8-3-9-21-40)36-51(61-57)41-22-10-4-11-23-41/h2-37H,1H3. The van der Waals surface area contributed by atoms with Gasteiger partial charge < -0.3 is 4.57 Å². The summed E-state index contributed by atoms with van der Waals surface area (Å²) in [6.07, 6.45) is 0. The number of aromatic nitrogens is 5. The monoisotopic (exact) mass is 793 g/mol. The van der Waals surface area contributed by atoms with Gasteiger partial charge in [-0.2, -0.15) is 0 Å². The normalized spacial score (nSPS) is 11.3. The van der Waals surface area contributed by atoms with E-state index in [1.54, 1.807) is 0 Å². The van der Waals surface area contributed by atoms with E-state index in [4.69, 9.17) is 19.9 Å². The van der Waals surface area contributed by atoms with Crippen LogP contribution in [-0.2, 0) is 0 Å². The van der Waals surface area contributed by atoms with Crippen LogP contribution in [0.4, 0.5) is 0 Å². The van der Waals surface area contributed by atoms with Gasteiger partial charge >= 0.3 is 0 Å². The van der Waals surface area contributed by atoms with Crippen molar-refractivity contribution >= 4 is 21.8 Å². The summed E-state index contributed by atoms with van der Waals surface area (Å²) in [5, 5.41) is 2.35. The Hall–Kier alpha value is -8.28. The summed E-state index contributed by atoms with van der Waals surface area (Å²) >= 11 is 0. The number of fused-ring (bicyclic) bond motifs is 3. The highest BCUT2D eigenvalue weighted by Crippen LogP contribution is 2.40. The Bertz CT molecular complexity index is 3280. The SMILES string of the molecule is Cc1cccc(-c2ccc3c4ccccc4n(-c4ccc(-c5cc(-c6ccccc6)nc(-c6ccccc6)n5)cc4-c4nc(-c5ccccc5)cc(-c5ccccc5)n4)c3c2)c1. The molecular formula is C57H39N5. The zero-order chi connectivity index (χ0) is 41.4. The first-order valence-electron chi connectivity index (χ1n) is 20.9. The van der Waals surface area contributed by atoms with Crippen molar-refractivity contribution in [3.05, 3.63) is 224 Å². The minimum absolute atomic E-state index is 0.614. The summed E-state index contributed by atoms with van der Waals surface area (Å²) in [7, 11) is 0. The Morgan fingerprint density at radius 3 is 1.37 bits per heavy atom. The molecule has 0 spiro atoms. The summed E-state index contributed by atoms with van der Waals surface area (Å²) < 4.78 is 2.38. The van der Waals surface area contributed by atoms with E-state index in [0.29, 0.717) is 11.6 Å². The molecule has 8 aromatic carbocycles. The molecule has 5 heteroatoms. The predicted molar refractivity (Wildman–Crippen MR) is 255 cm³/mol. The first-order valence-corrected chi connectivity index (χ1v) is 20.9. The van der Waals surface area contributed by atoms with Gasteiger partial charge in [0, 0.05) is 44.2 Å². The van der Waals surface area contributed by atoms with Gasteiger partial charge in [-0.05, 0) is 54.4 Å². The Balaban J connectivity index is 1.21. The van der Waals surface area contributed by atoms with Gasteiger partial charge in [-0.1, -0.05) is 188 Å². The van der Waals surface area contributed by atoms with Crippen molar-refractivity contribution in [2.45, 2.75) is 6.92 Å². The first-order chi connectivity index (χ1) is 30.6. The van der Waals surface area contributed by atoms with Crippen LogP contribution in [0.15, 0.2) is 218 Å². The molecule has 0 N–H and O–H groups in total. The number of aryl methyl sites for hydroxylation is 1. The molecule has 3 aromatic heterocycles. The van der Waals surface area contributed by atoms with Gasteiger partial charge in [-0.25, -0.2) is 19.9 Å². The average Bonchev–Trinajstić information content (AvgIpc) is 3.68. The van der Waals surface area contributed by atoms with E-state index < -0.39 is 0 Å². The van der Waals surface area contributed by atoms with E-state index >= 15 is 0 Å². The second-order valence-corrected chi connectivity index (χ2v) is 15.6. The Morgan fingerprint density at radius 1 is 0.306 bits per heavy atom. The molecule has 3 heterocycles. The third-order valence-corrected chi connectivity index (χ3v) is 11.5. The summed E-state index contributed by atoms with van der Waals surface area (Å²) in [4.78, 5) is 21.2. The second kappa shape index (κ2) is 15.7. The smallest absolute Gasteiger partial charge is 0.162 e. The number of rotatable bonds is 8. The molecule has 0 aliphatic rings. The van der Waals surface area contributed by atoms with Crippen LogP contribution in [0.5, 0.6) is 0 Å². The maximum absolute atomic E-state index is 5.41. The van der Waals surface area contributed by atoms with Crippen molar-refractivity contribution in [2.75, 3.05) is 0 Å². The minimum Gasteiger partial charge on any atom is -0.308 e. The molecule has 0 unspecified atom stereocenters. The van der Waals surface area contributed by atoms with E-state index in [1.165, 1.54) is 21.9 Å². The van der Waals surface area contributed by atoms with Crippen molar-refractivity contribution in [3.63, 3.8) is 0 Å². The quantitative estimate of drug-likeness (QED) is 0.154. The maximum atomic E-state index is 5.41. The Morgan fingerprint density at radius 2 is 0.774 bits per heavy atom. The lowest BCUT2D eigenvalue weighted by Crippen LogP contribution is -2.03. The van der Waals surface area contributed by atoms with E-state index in [1.807, 2.05) is 48.5 Å². The van der Waals surface area contributed by atoms with Crippen LogP contribution in [-0.4, -0.2) is 24.5 Å². The van der Waals surface area contributed by atoms with Gasteiger partial charge in [0.1, 0.15) is 0 Å². The molecular weight excluding hydrogens is 755 g/mol. The van der Waals surface area contributed by atoms with Crippen LogP contribution in [0.25, 0.3) is 106 Å². The summed E-state index contributed by atoms with van der Waals surface area (Å²) in [6, 6.07) is 76.2. The largest absolute Gasteiger partial charge is 0.308 e. The fraction of sp³-hybridized carbons (Fsp3) is 0.0175. The highest BCUT2D eigenvalue weighted by Gasteiger charge is 2.21. The Labute approximate surface area is 360 Å². The molecule has 0 saturated heterocycles. The highest BCUT2D eigenvalue weighted by atomic mass is 15.0. The fourth-order valence-corrected chi connectivity index (χ4v) is 8.45. The molecule has 11 rings (SSSR count). The number of benzene rings is 8. The molecule has 0 radical (unpaired) electrons. The number of hydrogen-bond acceptors (Lipinski definition) is 4. The van der Waals surface area contributed by atoms with Crippen LogP contribution in [0.2, 0.25) is 0 Å². The number of nitrogens with zero attached hydrogens (tertiary/aromatic N) is 5. The molecule has 5 nitrogen and oxygen atoms in total. The number of para-hydroxylation sites is 1. The summed E-state index contributed by atoms with van der Waals surface area (Å²) in [5.41, 5.74) is 15.9. The van der Waals surface area contributed by atoms with Crippen LogP contribution in [0.3, 0.4) is 0 Å². The van der Waals surface area contributed by atoms with Crippen LogP contribution >= 0.6 is 0 Å². The highest BCUT2D eigenvalue weighted by molar-refractivity contribution is 6.10. The predicted octanol–water partition coefficient (Wildman–Crippen LogP) is 14.3. The van der Waals surface area contributed by atoms with Gasteiger partial charge in [0.2, 0.25) is 0 Å². The van der Waals surface area contributed by atoms with Crippen molar-refractivity contribution in [1.29, 1.82) is 0 Å². The van der Waals surface area contributed by atoms with Crippen molar-refractivity contribution in [3.8, 4) is 84.6 Å². The van der Waals surface area contributed by atoms with E-state index in [2.05, 4.69) is 181 Å². The van der Waals surface area contributed by atoms with E-state index in [9.17, 15) is 0 Å². The fourth-order valence-electron chi connectivity index (χ4n) is 8.45. The van der Waals surface area contributed by atoms with Gasteiger partial charge in [0.15, 0.2) is 11.6 Å². The maximum Gasteiger partial charge on any atom is 0.162 e. The van der Waals surface area contributed by atoms with E-state index in [-0.39, 0.29) is 0 Å². The molecule has 0 bridgehead atoms. The van der Waals surface area contributed by atoms with Gasteiger partial charge in [-0.3, -0.25) is 0 Å².